The smallest absolute Gasteiger partial charge is 0.185 e. The van der Waals surface area contributed by atoms with E-state index in [1.807, 2.05) is 30.5 Å². The minimum absolute atomic E-state index is 0.323. The first-order valence-electron chi connectivity index (χ1n) is 8.08. The van der Waals surface area contributed by atoms with E-state index in [0.29, 0.717) is 17.8 Å². The van der Waals surface area contributed by atoms with E-state index >= 15 is 0 Å². The molecule has 4 heterocycles. The van der Waals surface area contributed by atoms with E-state index in [0.717, 1.165) is 37.4 Å². The SMILES string of the molecule is O=Cc1ccc(-c2cc3c(Nc4ccc5[nH]ccc5c4)ccnc3s2)o1. The van der Waals surface area contributed by atoms with E-state index in [1.165, 1.54) is 11.3 Å². The van der Waals surface area contributed by atoms with Gasteiger partial charge in [-0.1, -0.05) is 0 Å². The number of nitrogens with zero attached hydrogens (tertiary/aromatic N) is 1. The number of carbonyl (C=O) groups is 1. The van der Waals surface area contributed by atoms with Crippen LogP contribution < -0.4 is 5.32 Å². The molecule has 5 nitrogen and oxygen atoms in total. The fourth-order valence-electron chi connectivity index (χ4n) is 3.01. The number of pyridine rings is 1. The first-order valence-corrected chi connectivity index (χ1v) is 8.90. The first kappa shape index (κ1) is 14.9. The summed E-state index contributed by atoms with van der Waals surface area (Å²) < 4.78 is 5.54. The lowest BCUT2D eigenvalue weighted by Crippen LogP contribution is -1.90. The second-order valence-corrected chi connectivity index (χ2v) is 6.94. The van der Waals surface area contributed by atoms with Gasteiger partial charge in [-0.25, -0.2) is 4.98 Å². The number of rotatable bonds is 4. The minimum atomic E-state index is 0.323. The van der Waals surface area contributed by atoms with Crippen LogP contribution in [0.15, 0.2) is 65.3 Å². The Hall–Kier alpha value is -3.38. The topological polar surface area (TPSA) is 70.9 Å². The molecule has 0 atom stereocenters. The van der Waals surface area contributed by atoms with Gasteiger partial charge >= 0.3 is 0 Å². The molecule has 1 aromatic carbocycles. The zero-order chi connectivity index (χ0) is 17.5. The average molecular weight is 359 g/mol. The summed E-state index contributed by atoms with van der Waals surface area (Å²) in [7, 11) is 0. The molecule has 126 valence electrons. The standard InChI is InChI=1S/C20H13N3O2S/c24-11-14-2-4-18(25-14)19-10-15-17(6-8-22-20(15)26-19)23-13-1-3-16-12(9-13)5-7-21-16/h1-11,21H,(H,22,23). The summed E-state index contributed by atoms with van der Waals surface area (Å²) in [5, 5.41) is 5.65. The molecule has 0 aliphatic carbocycles. The van der Waals surface area contributed by atoms with Gasteiger partial charge in [0.15, 0.2) is 12.0 Å². The van der Waals surface area contributed by atoms with Crippen LogP contribution in [0.3, 0.4) is 0 Å². The first-order chi connectivity index (χ1) is 12.8. The molecule has 0 radical (unpaired) electrons. The van der Waals surface area contributed by atoms with E-state index in [4.69, 9.17) is 4.42 Å². The van der Waals surface area contributed by atoms with Gasteiger partial charge in [0, 0.05) is 34.4 Å². The highest BCUT2D eigenvalue weighted by Crippen LogP contribution is 2.37. The third-order valence-electron chi connectivity index (χ3n) is 4.25. The molecule has 0 bridgehead atoms. The maximum Gasteiger partial charge on any atom is 0.185 e. The summed E-state index contributed by atoms with van der Waals surface area (Å²) in [6.07, 6.45) is 4.43. The van der Waals surface area contributed by atoms with Crippen molar-refractivity contribution in [2.24, 2.45) is 0 Å². The van der Waals surface area contributed by atoms with Crippen molar-refractivity contribution in [1.82, 2.24) is 9.97 Å². The quantitative estimate of drug-likeness (QED) is 0.410. The largest absolute Gasteiger partial charge is 0.452 e. The number of carbonyl (C=O) groups excluding carboxylic acids is 1. The molecule has 5 rings (SSSR count). The van der Waals surface area contributed by atoms with Crippen molar-refractivity contribution in [3.63, 3.8) is 0 Å². The summed E-state index contributed by atoms with van der Waals surface area (Å²) in [6.45, 7) is 0. The number of aldehydes is 1. The third kappa shape index (κ3) is 2.48. The Kier molecular flexibility index (Phi) is 3.36. The lowest BCUT2D eigenvalue weighted by molar-refractivity contribution is 0.110. The van der Waals surface area contributed by atoms with Crippen LogP contribution in [0, 0.1) is 0 Å². The van der Waals surface area contributed by atoms with Gasteiger partial charge in [0.1, 0.15) is 10.6 Å². The summed E-state index contributed by atoms with van der Waals surface area (Å²) >= 11 is 1.54. The third-order valence-corrected chi connectivity index (χ3v) is 5.31. The van der Waals surface area contributed by atoms with Crippen molar-refractivity contribution >= 4 is 50.1 Å². The average Bonchev–Trinajstić information content (AvgIpc) is 3.39. The van der Waals surface area contributed by atoms with Crippen molar-refractivity contribution in [1.29, 1.82) is 0 Å². The molecule has 0 fully saturated rings. The van der Waals surface area contributed by atoms with Gasteiger partial charge < -0.3 is 14.7 Å². The van der Waals surface area contributed by atoms with Gasteiger partial charge in [0.25, 0.3) is 0 Å². The Labute approximate surface area is 152 Å². The van der Waals surface area contributed by atoms with Gasteiger partial charge in [0.2, 0.25) is 0 Å². The van der Waals surface area contributed by atoms with Crippen LogP contribution in [0.25, 0.3) is 31.8 Å². The van der Waals surface area contributed by atoms with Gasteiger partial charge in [-0.15, -0.1) is 11.3 Å². The number of thiophene rings is 1. The van der Waals surface area contributed by atoms with E-state index in [9.17, 15) is 4.79 Å². The molecule has 5 aromatic rings. The van der Waals surface area contributed by atoms with E-state index < -0.39 is 0 Å². The number of aromatic amines is 1. The fourth-order valence-corrected chi connectivity index (χ4v) is 3.99. The number of anilines is 2. The zero-order valence-corrected chi connectivity index (χ0v) is 14.3. The Bertz CT molecular complexity index is 1250. The van der Waals surface area contributed by atoms with Gasteiger partial charge in [-0.2, -0.15) is 0 Å². The maximum absolute atomic E-state index is 10.8. The zero-order valence-electron chi connectivity index (χ0n) is 13.5. The minimum Gasteiger partial charge on any atom is -0.452 e. The van der Waals surface area contributed by atoms with Crippen LogP contribution >= 0.6 is 11.3 Å². The normalized spacial score (nSPS) is 11.2. The van der Waals surface area contributed by atoms with Crippen molar-refractivity contribution in [3.05, 3.63) is 66.7 Å². The fraction of sp³-hybridized carbons (Fsp3) is 0. The summed E-state index contributed by atoms with van der Waals surface area (Å²) in [6, 6.07) is 15.7. The Balaban J connectivity index is 1.55. The monoisotopic (exact) mass is 359 g/mol. The van der Waals surface area contributed by atoms with Crippen LogP contribution in [0.5, 0.6) is 0 Å². The van der Waals surface area contributed by atoms with E-state index in [2.05, 4.69) is 27.4 Å². The lowest BCUT2D eigenvalue weighted by atomic mass is 10.2. The lowest BCUT2D eigenvalue weighted by Gasteiger charge is -2.07. The molecule has 6 heteroatoms. The number of nitrogens with one attached hydrogen (secondary N) is 2. The summed E-state index contributed by atoms with van der Waals surface area (Å²) in [5.41, 5.74) is 3.10. The second-order valence-electron chi connectivity index (χ2n) is 5.91. The number of hydrogen-bond acceptors (Lipinski definition) is 5. The molecule has 0 amide bonds. The van der Waals surface area contributed by atoms with E-state index in [1.54, 1.807) is 18.3 Å². The van der Waals surface area contributed by atoms with E-state index in [-0.39, 0.29) is 0 Å². The molecular weight excluding hydrogens is 346 g/mol. The van der Waals surface area contributed by atoms with Crippen molar-refractivity contribution in [3.8, 4) is 10.6 Å². The second kappa shape index (κ2) is 5.86. The van der Waals surface area contributed by atoms with Crippen LogP contribution in [0.2, 0.25) is 0 Å². The molecule has 0 saturated carbocycles. The molecular formula is C20H13N3O2S. The number of fused-ring (bicyclic) bond motifs is 2. The highest BCUT2D eigenvalue weighted by molar-refractivity contribution is 7.21. The van der Waals surface area contributed by atoms with Crippen molar-refractivity contribution in [2.45, 2.75) is 0 Å². The van der Waals surface area contributed by atoms with Crippen LogP contribution in [0.1, 0.15) is 10.6 Å². The highest BCUT2D eigenvalue weighted by Gasteiger charge is 2.12. The van der Waals surface area contributed by atoms with Crippen LogP contribution in [-0.2, 0) is 0 Å². The molecule has 26 heavy (non-hydrogen) atoms. The van der Waals surface area contributed by atoms with Gasteiger partial charge in [-0.05, 0) is 48.5 Å². The predicted octanol–water partition coefficient (Wildman–Crippen LogP) is 5.59. The number of aromatic nitrogens is 2. The molecule has 0 aliphatic rings. The number of H-pyrrole nitrogens is 1. The van der Waals surface area contributed by atoms with Crippen LogP contribution in [0.4, 0.5) is 11.4 Å². The Morgan fingerprint density at radius 2 is 2.08 bits per heavy atom. The Morgan fingerprint density at radius 3 is 2.96 bits per heavy atom. The number of benzene rings is 1. The maximum atomic E-state index is 10.8. The number of hydrogen-bond donors (Lipinski definition) is 2. The van der Waals surface area contributed by atoms with Crippen molar-refractivity contribution in [2.75, 3.05) is 5.32 Å². The summed E-state index contributed by atoms with van der Waals surface area (Å²) in [4.78, 5) is 20.4. The van der Waals surface area contributed by atoms with Gasteiger partial charge in [0.05, 0.1) is 10.6 Å². The van der Waals surface area contributed by atoms with Crippen LogP contribution in [-0.4, -0.2) is 16.3 Å². The molecule has 0 aliphatic heterocycles. The summed E-state index contributed by atoms with van der Waals surface area (Å²) in [5.74, 6) is 0.998. The predicted molar refractivity (Wildman–Crippen MR) is 104 cm³/mol. The highest BCUT2D eigenvalue weighted by atomic mass is 32.1. The van der Waals surface area contributed by atoms with Crippen molar-refractivity contribution < 1.29 is 9.21 Å². The molecule has 2 N–H and O–H groups in total. The Morgan fingerprint density at radius 1 is 1.12 bits per heavy atom. The number of furan rings is 1. The van der Waals surface area contributed by atoms with Gasteiger partial charge in [-0.3, -0.25) is 4.79 Å². The molecule has 0 spiro atoms. The molecule has 0 saturated heterocycles. The molecule has 0 unspecified atom stereocenters. The molecule has 4 aromatic heterocycles.